The fraction of sp³-hybridized carbons (Fsp3) is 0.571. The number of halogens is 1. The summed E-state index contributed by atoms with van der Waals surface area (Å²) in [6.45, 7) is 3.95. The van der Waals surface area contributed by atoms with Crippen LogP contribution in [0.3, 0.4) is 0 Å². The van der Waals surface area contributed by atoms with Gasteiger partial charge in [-0.25, -0.2) is 0 Å². The summed E-state index contributed by atoms with van der Waals surface area (Å²) in [7, 11) is 0. The molecule has 1 aromatic carbocycles. The van der Waals surface area contributed by atoms with E-state index < -0.39 is 0 Å². The SMILES string of the molecule is CCC(CCO)NCc1cc(Br)cc2c1OCC2. The van der Waals surface area contributed by atoms with Gasteiger partial charge in [0.05, 0.1) is 6.61 Å². The van der Waals surface area contributed by atoms with Crippen LogP contribution in [-0.2, 0) is 13.0 Å². The molecule has 1 atom stereocenters. The van der Waals surface area contributed by atoms with Crippen molar-refractivity contribution in [2.24, 2.45) is 0 Å². The van der Waals surface area contributed by atoms with Crippen LogP contribution in [0.2, 0.25) is 0 Å². The molecular weight excluding hydrogens is 294 g/mol. The van der Waals surface area contributed by atoms with E-state index in [0.717, 1.165) is 42.6 Å². The summed E-state index contributed by atoms with van der Waals surface area (Å²) in [5.41, 5.74) is 2.49. The summed E-state index contributed by atoms with van der Waals surface area (Å²) in [5, 5.41) is 12.5. The fourth-order valence-corrected chi connectivity index (χ4v) is 2.89. The van der Waals surface area contributed by atoms with Gasteiger partial charge in [0.1, 0.15) is 5.75 Å². The molecule has 0 saturated heterocycles. The van der Waals surface area contributed by atoms with E-state index in [1.165, 1.54) is 11.1 Å². The Labute approximate surface area is 117 Å². The Bertz CT molecular complexity index is 409. The van der Waals surface area contributed by atoms with E-state index in [2.05, 4.69) is 40.3 Å². The van der Waals surface area contributed by atoms with E-state index in [0.29, 0.717) is 6.04 Å². The van der Waals surface area contributed by atoms with Crippen LogP contribution in [-0.4, -0.2) is 24.4 Å². The Morgan fingerprint density at radius 2 is 2.33 bits per heavy atom. The van der Waals surface area contributed by atoms with Crippen LogP contribution in [0, 0.1) is 0 Å². The molecule has 3 nitrogen and oxygen atoms in total. The Morgan fingerprint density at radius 3 is 3.06 bits per heavy atom. The smallest absolute Gasteiger partial charge is 0.127 e. The van der Waals surface area contributed by atoms with Gasteiger partial charge in [-0.15, -0.1) is 0 Å². The molecule has 100 valence electrons. The van der Waals surface area contributed by atoms with Crippen LogP contribution < -0.4 is 10.1 Å². The lowest BCUT2D eigenvalue weighted by molar-refractivity contribution is 0.261. The number of rotatable bonds is 6. The van der Waals surface area contributed by atoms with Gasteiger partial charge in [-0.05, 0) is 30.5 Å². The normalized spacial score (nSPS) is 15.3. The van der Waals surface area contributed by atoms with Gasteiger partial charge in [0.15, 0.2) is 0 Å². The quantitative estimate of drug-likeness (QED) is 0.848. The number of aliphatic hydroxyl groups is 1. The predicted octanol–water partition coefficient (Wildman–Crippen LogP) is 2.63. The molecule has 0 aromatic heterocycles. The van der Waals surface area contributed by atoms with Gasteiger partial charge in [0.2, 0.25) is 0 Å². The standard InChI is InChI=1S/C14H20BrNO2/c1-2-13(3-5-17)16-9-11-8-12(15)7-10-4-6-18-14(10)11/h7-8,13,16-17H,2-6,9H2,1H3. The van der Waals surface area contributed by atoms with E-state index in [-0.39, 0.29) is 6.61 Å². The molecule has 2 rings (SSSR count). The predicted molar refractivity (Wildman–Crippen MR) is 76.0 cm³/mol. The van der Waals surface area contributed by atoms with Crippen LogP contribution in [0.25, 0.3) is 0 Å². The van der Waals surface area contributed by atoms with Gasteiger partial charge in [0, 0.05) is 35.7 Å². The van der Waals surface area contributed by atoms with Gasteiger partial charge < -0.3 is 15.2 Å². The highest BCUT2D eigenvalue weighted by molar-refractivity contribution is 9.10. The second-order valence-corrected chi connectivity index (χ2v) is 5.57. The van der Waals surface area contributed by atoms with Crippen LogP contribution >= 0.6 is 15.9 Å². The molecule has 18 heavy (non-hydrogen) atoms. The molecular formula is C14H20BrNO2. The van der Waals surface area contributed by atoms with E-state index in [4.69, 9.17) is 9.84 Å². The molecule has 2 N–H and O–H groups in total. The summed E-state index contributed by atoms with van der Waals surface area (Å²) in [4.78, 5) is 0. The Balaban J connectivity index is 2.05. The first-order valence-corrected chi connectivity index (χ1v) is 7.32. The van der Waals surface area contributed by atoms with Gasteiger partial charge in [0.25, 0.3) is 0 Å². The van der Waals surface area contributed by atoms with Gasteiger partial charge in [-0.1, -0.05) is 22.9 Å². The first-order valence-electron chi connectivity index (χ1n) is 6.53. The minimum atomic E-state index is 0.235. The Kier molecular flexibility index (Phi) is 5.03. The second kappa shape index (κ2) is 6.55. The third kappa shape index (κ3) is 3.25. The fourth-order valence-electron chi connectivity index (χ4n) is 2.34. The van der Waals surface area contributed by atoms with Crippen molar-refractivity contribution in [3.8, 4) is 5.75 Å². The lowest BCUT2D eigenvalue weighted by Gasteiger charge is -2.17. The van der Waals surface area contributed by atoms with Crippen molar-refractivity contribution < 1.29 is 9.84 Å². The topological polar surface area (TPSA) is 41.5 Å². The number of ether oxygens (including phenoxy) is 1. The van der Waals surface area contributed by atoms with E-state index >= 15 is 0 Å². The van der Waals surface area contributed by atoms with Crippen molar-refractivity contribution >= 4 is 15.9 Å². The average molecular weight is 314 g/mol. The van der Waals surface area contributed by atoms with Crippen molar-refractivity contribution in [1.82, 2.24) is 5.32 Å². The highest BCUT2D eigenvalue weighted by Crippen LogP contribution is 2.32. The van der Waals surface area contributed by atoms with Crippen molar-refractivity contribution in [3.05, 3.63) is 27.7 Å². The highest BCUT2D eigenvalue weighted by atomic mass is 79.9. The van der Waals surface area contributed by atoms with E-state index in [9.17, 15) is 0 Å². The maximum Gasteiger partial charge on any atom is 0.127 e. The average Bonchev–Trinajstić information content (AvgIpc) is 2.82. The molecule has 0 saturated carbocycles. The Hall–Kier alpha value is -0.580. The third-order valence-electron chi connectivity index (χ3n) is 3.38. The van der Waals surface area contributed by atoms with Crippen molar-refractivity contribution in [2.75, 3.05) is 13.2 Å². The van der Waals surface area contributed by atoms with Crippen molar-refractivity contribution in [3.63, 3.8) is 0 Å². The van der Waals surface area contributed by atoms with Gasteiger partial charge in [-0.2, -0.15) is 0 Å². The molecule has 1 aliphatic rings. The molecule has 0 aliphatic carbocycles. The number of benzene rings is 1. The molecule has 0 spiro atoms. The summed E-state index contributed by atoms with van der Waals surface area (Å²) < 4.78 is 6.81. The number of aliphatic hydroxyl groups excluding tert-OH is 1. The largest absolute Gasteiger partial charge is 0.493 e. The molecule has 0 amide bonds. The van der Waals surface area contributed by atoms with Crippen molar-refractivity contribution in [2.45, 2.75) is 38.8 Å². The molecule has 1 aromatic rings. The van der Waals surface area contributed by atoms with Crippen LogP contribution in [0.4, 0.5) is 0 Å². The minimum Gasteiger partial charge on any atom is -0.493 e. The summed E-state index contributed by atoms with van der Waals surface area (Å²) >= 11 is 3.55. The second-order valence-electron chi connectivity index (χ2n) is 4.65. The van der Waals surface area contributed by atoms with Gasteiger partial charge in [-0.3, -0.25) is 0 Å². The summed E-state index contributed by atoms with van der Waals surface area (Å²) in [6, 6.07) is 4.62. The molecule has 0 bridgehead atoms. The van der Waals surface area contributed by atoms with Crippen LogP contribution in [0.1, 0.15) is 30.9 Å². The van der Waals surface area contributed by atoms with Crippen molar-refractivity contribution in [1.29, 1.82) is 0 Å². The minimum absolute atomic E-state index is 0.235. The lowest BCUT2D eigenvalue weighted by atomic mass is 10.1. The number of nitrogens with one attached hydrogen (secondary N) is 1. The monoisotopic (exact) mass is 313 g/mol. The number of hydrogen-bond acceptors (Lipinski definition) is 3. The maximum absolute atomic E-state index is 8.99. The molecule has 1 aliphatic heterocycles. The first kappa shape index (κ1) is 13.8. The van der Waals surface area contributed by atoms with E-state index in [1.807, 2.05) is 0 Å². The lowest BCUT2D eigenvalue weighted by Crippen LogP contribution is -2.29. The zero-order valence-corrected chi connectivity index (χ0v) is 12.3. The summed E-state index contributed by atoms with van der Waals surface area (Å²) in [6.07, 6.45) is 2.82. The maximum atomic E-state index is 8.99. The van der Waals surface area contributed by atoms with Gasteiger partial charge >= 0.3 is 0 Å². The third-order valence-corrected chi connectivity index (χ3v) is 3.83. The number of hydrogen-bond donors (Lipinski definition) is 2. The Morgan fingerprint density at radius 1 is 1.50 bits per heavy atom. The molecule has 1 heterocycles. The molecule has 0 fully saturated rings. The van der Waals surface area contributed by atoms with Crippen LogP contribution in [0.15, 0.2) is 16.6 Å². The zero-order chi connectivity index (χ0) is 13.0. The first-order chi connectivity index (χ1) is 8.74. The molecule has 1 unspecified atom stereocenters. The number of fused-ring (bicyclic) bond motifs is 1. The summed E-state index contributed by atoms with van der Waals surface area (Å²) in [5.74, 6) is 1.05. The van der Waals surface area contributed by atoms with E-state index in [1.54, 1.807) is 0 Å². The molecule has 0 radical (unpaired) electrons. The molecule has 4 heteroatoms. The highest BCUT2D eigenvalue weighted by Gasteiger charge is 2.17. The zero-order valence-electron chi connectivity index (χ0n) is 10.7. The van der Waals surface area contributed by atoms with Crippen LogP contribution in [0.5, 0.6) is 5.75 Å².